The summed E-state index contributed by atoms with van der Waals surface area (Å²) < 4.78 is 4.96. The summed E-state index contributed by atoms with van der Waals surface area (Å²) in [6, 6.07) is 1.86. The second-order valence-corrected chi connectivity index (χ2v) is 3.13. The number of carbonyl (C=O) groups excluding carboxylic acids is 1. The Morgan fingerprint density at radius 2 is 2.36 bits per heavy atom. The second-order valence-electron chi connectivity index (χ2n) is 3.13. The van der Waals surface area contributed by atoms with Crippen molar-refractivity contribution in [2.24, 2.45) is 5.73 Å². The molecular formula is C9H17N3O2. The van der Waals surface area contributed by atoms with E-state index in [0.29, 0.717) is 13.0 Å². The van der Waals surface area contributed by atoms with E-state index >= 15 is 0 Å². The van der Waals surface area contributed by atoms with Gasteiger partial charge in [0.2, 0.25) is 5.91 Å². The molecule has 0 radical (unpaired) electrons. The van der Waals surface area contributed by atoms with Gasteiger partial charge < -0.3 is 15.8 Å². The van der Waals surface area contributed by atoms with Gasteiger partial charge in [0.25, 0.3) is 0 Å². The quantitative estimate of drug-likeness (QED) is 0.618. The van der Waals surface area contributed by atoms with Crippen molar-refractivity contribution in [2.45, 2.75) is 31.9 Å². The molecule has 2 atom stereocenters. The van der Waals surface area contributed by atoms with Crippen LogP contribution in [0.4, 0.5) is 0 Å². The molecule has 2 unspecified atom stereocenters. The monoisotopic (exact) mass is 199 g/mol. The molecule has 0 aromatic heterocycles. The van der Waals surface area contributed by atoms with Crippen LogP contribution in [-0.2, 0) is 9.53 Å². The first kappa shape index (κ1) is 12.9. The van der Waals surface area contributed by atoms with Crippen molar-refractivity contribution >= 4 is 5.91 Å². The molecule has 1 amide bonds. The molecule has 0 fully saturated rings. The predicted molar refractivity (Wildman–Crippen MR) is 52.3 cm³/mol. The molecule has 0 saturated heterocycles. The van der Waals surface area contributed by atoms with Crippen LogP contribution in [0.15, 0.2) is 0 Å². The maximum absolute atomic E-state index is 11.3. The Morgan fingerprint density at radius 1 is 1.71 bits per heavy atom. The number of nitrogens with one attached hydrogen (secondary N) is 1. The summed E-state index contributed by atoms with van der Waals surface area (Å²) in [6.07, 6.45) is 0.304. The number of rotatable bonds is 6. The van der Waals surface area contributed by atoms with Crippen LogP contribution in [-0.4, -0.2) is 31.7 Å². The van der Waals surface area contributed by atoms with E-state index in [4.69, 9.17) is 15.7 Å². The molecule has 0 spiro atoms. The average molecular weight is 199 g/mol. The van der Waals surface area contributed by atoms with Gasteiger partial charge in [-0.2, -0.15) is 5.26 Å². The lowest BCUT2D eigenvalue weighted by Crippen LogP contribution is -2.36. The molecule has 3 N–H and O–H groups in total. The molecule has 5 nitrogen and oxygen atoms in total. The van der Waals surface area contributed by atoms with Crippen LogP contribution in [0.25, 0.3) is 0 Å². The van der Waals surface area contributed by atoms with E-state index in [9.17, 15) is 4.79 Å². The summed E-state index contributed by atoms with van der Waals surface area (Å²) in [4.78, 5) is 11.3. The first-order chi connectivity index (χ1) is 6.63. The topological polar surface area (TPSA) is 88.1 Å². The SMILES string of the molecule is COC(CN)CC(=O)NC(C)CC#N. The minimum absolute atomic E-state index is 0.122. The van der Waals surface area contributed by atoms with E-state index < -0.39 is 0 Å². The van der Waals surface area contributed by atoms with Gasteiger partial charge in [0.1, 0.15) is 0 Å². The zero-order valence-electron chi connectivity index (χ0n) is 8.62. The molecule has 0 aromatic rings. The molecule has 0 heterocycles. The van der Waals surface area contributed by atoms with Crippen molar-refractivity contribution in [3.05, 3.63) is 0 Å². The smallest absolute Gasteiger partial charge is 0.222 e. The van der Waals surface area contributed by atoms with Crippen molar-refractivity contribution in [1.82, 2.24) is 5.32 Å². The predicted octanol–water partition coefficient (Wildman–Crippen LogP) is -0.231. The summed E-state index contributed by atoms with van der Waals surface area (Å²) in [5, 5.41) is 11.1. The highest BCUT2D eigenvalue weighted by Crippen LogP contribution is 1.96. The summed E-state index contributed by atoms with van der Waals surface area (Å²) >= 11 is 0. The number of nitrogens with zero attached hydrogens (tertiary/aromatic N) is 1. The summed E-state index contributed by atoms with van der Waals surface area (Å²) in [5.41, 5.74) is 5.36. The van der Waals surface area contributed by atoms with Gasteiger partial charge in [-0.15, -0.1) is 0 Å². The maximum atomic E-state index is 11.3. The number of nitriles is 1. The molecule has 14 heavy (non-hydrogen) atoms. The standard InChI is InChI=1S/C9H17N3O2/c1-7(3-4-10)12-9(13)5-8(6-11)14-2/h7-8H,3,5-6,11H2,1-2H3,(H,12,13). The van der Waals surface area contributed by atoms with Gasteiger partial charge in [0.15, 0.2) is 0 Å². The fraction of sp³-hybridized carbons (Fsp3) is 0.778. The Labute approximate surface area is 84.2 Å². The van der Waals surface area contributed by atoms with E-state index in [-0.39, 0.29) is 24.5 Å². The molecule has 0 saturated carbocycles. The number of ether oxygens (including phenoxy) is 1. The number of carbonyl (C=O) groups is 1. The summed E-state index contributed by atoms with van der Waals surface area (Å²) in [6.45, 7) is 2.10. The normalized spacial score (nSPS) is 14.1. The molecule has 0 bridgehead atoms. The van der Waals surface area contributed by atoms with Crippen LogP contribution in [0.3, 0.4) is 0 Å². The van der Waals surface area contributed by atoms with Crippen LogP contribution in [0, 0.1) is 11.3 Å². The molecule has 0 aliphatic rings. The van der Waals surface area contributed by atoms with Crippen LogP contribution in [0.1, 0.15) is 19.8 Å². The van der Waals surface area contributed by atoms with Crippen molar-refractivity contribution in [2.75, 3.05) is 13.7 Å². The minimum Gasteiger partial charge on any atom is -0.380 e. The molecule has 80 valence electrons. The zero-order valence-corrected chi connectivity index (χ0v) is 8.62. The van der Waals surface area contributed by atoms with Crippen LogP contribution >= 0.6 is 0 Å². The third-order valence-electron chi connectivity index (χ3n) is 1.81. The van der Waals surface area contributed by atoms with Crippen LogP contribution in [0.5, 0.6) is 0 Å². The van der Waals surface area contributed by atoms with Crippen LogP contribution < -0.4 is 11.1 Å². The number of methoxy groups -OCH3 is 1. The first-order valence-corrected chi connectivity index (χ1v) is 4.53. The van der Waals surface area contributed by atoms with Crippen LogP contribution in [0.2, 0.25) is 0 Å². The zero-order chi connectivity index (χ0) is 11.0. The number of hydrogen-bond acceptors (Lipinski definition) is 4. The lowest BCUT2D eigenvalue weighted by molar-refractivity contribution is -0.123. The largest absolute Gasteiger partial charge is 0.380 e. The van der Waals surface area contributed by atoms with Crippen molar-refractivity contribution in [1.29, 1.82) is 5.26 Å². The fourth-order valence-electron chi connectivity index (χ4n) is 0.991. The van der Waals surface area contributed by atoms with E-state index in [0.717, 1.165) is 0 Å². The molecule has 0 aromatic carbocycles. The third kappa shape index (κ3) is 5.51. The molecule has 0 aliphatic carbocycles. The van der Waals surface area contributed by atoms with Gasteiger partial charge in [-0.05, 0) is 6.92 Å². The second kappa shape index (κ2) is 7.30. The van der Waals surface area contributed by atoms with Gasteiger partial charge in [-0.3, -0.25) is 4.79 Å². The average Bonchev–Trinajstić information content (AvgIpc) is 2.14. The highest BCUT2D eigenvalue weighted by Gasteiger charge is 2.12. The highest BCUT2D eigenvalue weighted by molar-refractivity contribution is 5.76. The number of hydrogen-bond donors (Lipinski definition) is 2. The van der Waals surface area contributed by atoms with Gasteiger partial charge >= 0.3 is 0 Å². The van der Waals surface area contributed by atoms with Crippen molar-refractivity contribution < 1.29 is 9.53 Å². The Balaban J connectivity index is 3.80. The summed E-state index contributed by atoms with van der Waals surface area (Å²) in [7, 11) is 1.52. The highest BCUT2D eigenvalue weighted by atomic mass is 16.5. The van der Waals surface area contributed by atoms with Gasteiger partial charge in [-0.1, -0.05) is 0 Å². The van der Waals surface area contributed by atoms with E-state index in [1.807, 2.05) is 6.07 Å². The van der Waals surface area contributed by atoms with E-state index in [1.165, 1.54) is 7.11 Å². The van der Waals surface area contributed by atoms with Gasteiger partial charge in [0.05, 0.1) is 25.0 Å². The number of nitrogens with two attached hydrogens (primary N) is 1. The van der Waals surface area contributed by atoms with Crippen molar-refractivity contribution in [3.63, 3.8) is 0 Å². The Kier molecular flexibility index (Phi) is 6.72. The molecule has 5 heteroatoms. The van der Waals surface area contributed by atoms with Crippen molar-refractivity contribution in [3.8, 4) is 6.07 Å². The minimum atomic E-state index is -0.246. The third-order valence-corrected chi connectivity index (χ3v) is 1.81. The fourth-order valence-corrected chi connectivity index (χ4v) is 0.991. The molecule has 0 rings (SSSR count). The molecule has 0 aliphatic heterocycles. The maximum Gasteiger partial charge on any atom is 0.222 e. The molecular weight excluding hydrogens is 182 g/mol. The Hall–Kier alpha value is -1.12. The lowest BCUT2D eigenvalue weighted by atomic mass is 10.2. The summed E-state index contributed by atoms with van der Waals surface area (Å²) in [5.74, 6) is -0.134. The number of amides is 1. The Bertz CT molecular complexity index is 209. The van der Waals surface area contributed by atoms with Gasteiger partial charge in [0, 0.05) is 19.7 Å². The van der Waals surface area contributed by atoms with E-state index in [2.05, 4.69) is 5.32 Å². The van der Waals surface area contributed by atoms with E-state index in [1.54, 1.807) is 6.92 Å². The van der Waals surface area contributed by atoms with Gasteiger partial charge in [-0.25, -0.2) is 0 Å². The Morgan fingerprint density at radius 3 is 2.79 bits per heavy atom. The lowest BCUT2D eigenvalue weighted by Gasteiger charge is -2.14. The first-order valence-electron chi connectivity index (χ1n) is 4.53.